The van der Waals surface area contributed by atoms with Gasteiger partial charge in [0.1, 0.15) is 0 Å². The van der Waals surface area contributed by atoms with E-state index in [9.17, 15) is 9.90 Å². The van der Waals surface area contributed by atoms with Crippen LogP contribution in [-0.2, 0) is 0 Å². The van der Waals surface area contributed by atoms with Gasteiger partial charge in [0.05, 0.1) is 0 Å². The van der Waals surface area contributed by atoms with Crippen LogP contribution >= 0.6 is 0 Å². The van der Waals surface area contributed by atoms with Gasteiger partial charge in [0.2, 0.25) is 0 Å². The van der Waals surface area contributed by atoms with Crippen LogP contribution in [0.3, 0.4) is 0 Å². The van der Waals surface area contributed by atoms with Crippen molar-refractivity contribution in [2.75, 3.05) is 26.2 Å². The van der Waals surface area contributed by atoms with Crippen LogP contribution in [-0.4, -0.2) is 47.0 Å². The lowest BCUT2D eigenvalue weighted by Crippen LogP contribution is -2.44. The highest BCUT2D eigenvalue weighted by molar-refractivity contribution is 6.10. The maximum atomic E-state index is 13.1. The lowest BCUT2D eigenvalue weighted by Gasteiger charge is -2.36. The van der Waals surface area contributed by atoms with Gasteiger partial charge in [-0.2, -0.15) is 0 Å². The van der Waals surface area contributed by atoms with Gasteiger partial charge in [-0.25, -0.2) is 0 Å². The standard InChI is InChI=1S/C25H24N2O2/c28-24-21-12-4-9-19-10-5-13-22(23(19)21)25(29)27(24)16-15-26-14-6-11-20(17-26)18-7-2-1-3-8-18/h1-13,20,24,28H,14-17H2. The Morgan fingerprint density at radius 2 is 1.72 bits per heavy atom. The summed E-state index contributed by atoms with van der Waals surface area (Å²) in [4.78, 5) is 17.1. The fraction of sp³-hybridized carbons (Fsp3) is 0.240. The van der Waals surface area contributed by atoms with Crippen LogP contribution in [0.5, 0.6) is 0 Å². The van der Waals surface area contributed by atoms with Crippen LogP contribution < -0.4 is 0 Å². The van der Waals surface area contributed by atoms with Crippen molar-refractivity contribution >= 4 is 16.7 Å². The summed E-state index contributed by atoms with van der Waals surface area (Å²) in [5, 5.41) is 12.8. The number of carbonyl (C=O) groups is 1. The molecule has 3 aromatic carbocycles. The summed E-state index contributed by atoms with van der Waals surface area (Å²) in [5.41, 5.74) is 2.81. The highest BCUT2D eigenvalue weighted by atomic mass is 16.3. The molecule has 4 heteroatoms. The number of carbonyl (C=O) groups excluding carboxylic acids is 1. The van der Waals surface area contributed by atoms with Crippen molar-refractivity contribution in [3.63, 3.8) is 0 Å². The van der Waals surface area contributed by atoms with E-state index in [1.54, 1.807) is 4.90 Å². The van der Waals surface area contributed by atoms with Gasteiger partial charge in [-0.1, -0.05) is 72.8 Å². The zero-order valence-electron chi connectivity index (χ0n) is 16.2. The number of aliphatic hydroxyl groups excluding tert-OH is 1. The first kappa shape index (κ1) is 18.1. The van der Waals surface area contributed by atoms with Crippen LogP contribution in [0.1, 0.15) is 33.6 Å². The van der Waals surface area contributed by atoms with E-state index in [2.05, 4.69) is 41.3 Å². The van der Waals surface area contributed by atoms with Crippen molar-refractivity contribution in [3.8, 4) is 0 Å². The summed E-state index contributed by atoms with van der Waals surface area (Å²) in [6, 6.07) is 22.1. The Labute approximate surface area is 170 Å². The molecule has 0 aromatic heterocycles. The summed E-state index contributed by atoms with van der Waals surface area (Å²) in [6.45, 7) is 3.02. The van der Waals surface area contributed by atoms with Gasteiger partial charge in [0.15, 0.2) is 6.23 Å². The van der Waals surface area contributed by atoms with Crippen molar-refractivity contribution < 1.29 is 9.90 Å². The van der Waals surface area contributed by atoms with Gasteiger partial charge >= 0.3 is 0 Å². The van der Waals surface area contributed by atoms with Gasteiger partial charge in [-0.15, -0.1) is 0 Å². The Kier molecular flexibility index (Phi) is 4.66. The number of benzene rings is 3. The second-order valence-corrected chi connectivity index (χ2v) is 7.83. The van der Waals surface area contributed by atoms with E-state index in [0.29, 0.717) is 18.0 Å². The van der Waals surface area contributed by atoms with Crippen molar-refractivity contribution in [3.05, 3.63) is 95.6 Å². The molecule has 2 aliphatic rings. The molecule has 4 nitrogen and oxygen atoms in total. The minimum absolute atomic E-state index is 0.0889. The molecule has 0 spiro atoms. The van der Waals surface area contributed by atoms with Gasteiger partial charge in [0, 0.05) is 48.6 Å². The van der Waals surface area contributed by atoms with Crippen LogP contribution in [0.4, 0.5) is 0 Å². The number of hydrogen-bond donors (Lipinski definition) is 1. The van der Waals surface area contributed by atoms with E-state index >= 15 is 0 Å². The monoisotopic (exact) mass is 384 g/mol. The van der Waals surface area contributed by atoms with Crippen molar-refractivity contribution in [2.45, 2.75) is 12.1 Å². The molecule has 29 heavy (non-hydrogen) atoms. The third-order valence-electron chi connectivity index (χ3n) is 6.07. The third-order valence-corrected chi connectivity index (χ3v) is 6.07. The number of amides is 1. The van der Waals surface area contributed by atoms with E-state index in [-0.39, 0.29) is 5.91 Å². The molecule has 3 aromatic rings. The molecule has 0 saturated carbocycles. The van der Waals surface area contributed by atoms with Gasteiger partial charge < -0.3 is 10.0 Å². The predicted octanol–water partition coefficient (Wildman–Crippen LogP) is 3.94. The third kappa shape index (κ3) is 3.24. The molecule has 2 heterocycles. The Balaban J connectivity index is 1.33. The first-order chi connectivity index (χ1) is 14.2. The first-order valence-electron chi connectivity index (χ1n) is 10.2. The molecule has 1 N–H and O–H groups in total. The van der Waals surface area contributed by atoms with Crippen LogP contribution in [0, 0.1) is 0 Å². The fourth-order valence-corrected chi connectivity index (χ4v) is 4.56. The molecule has 1 amide bonds. The lowest BCUT2D eigenvalue weighted by atomic mass is 9.93. The lowest BCUT2D eigenvalue weighted by molar-refractivity contribution is 0.00134. The predicted molar refractivity (Wildman–Crippen MR) is 115 cm³/mol. The molecular weight excluding hydrogens is 360 g/mol. The number of rotatable bonds is 4. The molecule has 2 atom stereocenters. The summed E-state index contributed by atoms with van der Waals surface area (Å²) < 4.78 is 0. The summed E-state index contributed by atoms with van der Waals surface area (Å²) in [7, 11) is 0. The normalized spacial score (nSPS) is 21.7. The molecule has 2 unspecified atom stereocenters. The fourth-order valence-electron chi connectivity index (χ4n) is 4.56. The first-order valence-corrected chi connectivity index (χ1v) is 10.2. The van der Waals surface area contributed by atoms with Crippen LogP contribution in [0.2, 0.25) is 0 Å². The van der Waals surface area contributed by atoms with Gasteiger partial charge in [-0.05, 0) is 17.0 Å². The van der Waals surface area contributed by atoms with Crippen molar-refractivity contribution in [2.24, 2.45) is 0 Å². The molecule has 0 saturated heterocycles. The second kappa shape index (κ2) is 7.47. The van der Waals surface area contributed by atoms with Crippen molar-refractivity contribution in [1.29, 1.82) is 0 Å². The molecule has 0 fully saturated rings. The largest absolute Gasteiger partial charge is 0.369 e. The SMILES string of the molecule is O=C1c2cccc3cccc(c23)C(O)N1CCN1CC=CC(c2ccccc2)C1. The Bertz CT molecular complexity index is 1070. The Morgan fingerprint density at radius 1 is 0.931 bits per heavy atom. The van der Waals surface area contributed by atoms with Gasteiger partial charge in [-0.3, -0.25) is 9.69 Å². The number of nitrogens with zero attached hydrogens (tertiary/aromatic N) is 2. The summed E-state index contributed by atoms with van der Waals surface area (Å²) in [6.07, 6.45) is 3.57. The highest BCUT2D eigenvalue weighted by Gasteiger charge is 2.32. The molecule has 0 radical (unpaired) electrons. The maximum Gasteiger partial charge on any atom is 0.256 e. The molecule has 0 aliphatic carbocycles. The second-order valence-electron chi connectivity index (χ2n) is 7.83. The Hall–Kier alpha value is -2.95. The average Bonchev–Trinajstić information content (AvgIpc) is 2.78. The highest BCUT2D eigenvalue weighted by Crippen LogP contribution is 2.35. The average molecular weight is 384 g/mol. The smallest absolute Gasteiger partial charge is 0.256 e. The van der Waals surface area contributed by atoms with Crippen LogP contribution in [0.15, 0.2) is 78.9 Å². The quantitative estimate of drug-likeness (QED) is 0.693. The molecular formula is C25H24N2O2. The van der Waals surface area contributed by atoms with E-state index in [4.69, 9.17) is 0 Å². The van der Waals surface area contributed by atoms with E-state index in [1.165, 1.54) is 5.56 Å². The van der Waals surface area contributed by atoms with E-state index < -0.39 is 6.23 Å². The summed E-state index contributed by atoms with van der Waals surface area (Å²) in [5.74, 6) is 0.273. The summed E-state index contributed by atoms with van der Waals surface area (Å²) >= 11 is 0. The molecule has 5 rings (SSSR count). The van der Waals surface area contributed by atoms with Crippen LogP contribution in [0.25, 0.3) is 10.8 Å². The van der Waals surface area contributed by atoms with Gasteiger partial charge in [0.25, 0.3) is 5.91 Å². The zero-order valence-corrected chi connectivity index (χ0v) is 16.2. The minimum Gasteiger partial charge on any atom is -0.369 e. The topological polar surface area (TPSA) is 43.8 Å². The van der Waals surface area contributed by atoms with Crippen molar-refractivity contribution in [1.82, 2.24) is 9.80 Å². The Morgan fingerprint density at radius 3 is 2.55 bits per heavy atom. The molecule has 2 aliphatic heterocycles. The zero-order chi connectivity index (χ0) is 19.8. The number of aliphatic hydroxyl groups is 1. The number of hydrogen-bond acceptors (Lipinski definition) is 3. The maximum absolute atomic E-state index is 13.1. The molecule has 146 valence electrons. The minimum atomic E-state index is -0.897. The molecule has 0 bridgehead atoms. The van der Waals surface area contributed by atoms with E-state index in [1.807, 2.05) is 42.5 Å². The van der Waals surface area contributed by atoms with E-state index in [0.717, 1.165) is 36.0 Å².